The van der Waals surface area contributed by atoms with Gasteiger partial charge in [0, 0.05) is 53.6 Å². The zero-order valence-corrected chi connectivity index (χ0v) is 54.1. The molecule has 0 heterocycles. The molecule has 29 heteroatoms. The summed E-state index contributed by atoms with van der Waals surface area (Å²) in [5, 5.41) is 37.8. The fraction of sp³-hybridized carbons (Fsp3) is 0.286. The van der Waals surface area contributed by atoms with Crippen LogP contribution in [0.25, 0.3) is 21.5 Å². The molecule has 8 rings (SSSR count). The van der Waals surface area contributed by atoms with Crippen molar-refractivity contribution in [2.45, 2.75) is 89.9 Å². The molecule has 0 bridgehead atoms. The Labute approximate surface area is 532 Å². The number of Topliss-reactive ketones (excluding diaryl/α,β-unsaturated/α-hetero) is 1. The van der Waals surface area contributed by atoms with Crippen molar-refractivity contribution >= 4 is 113 Å². The molecule has 0 aliphatic carbocycles. The van der Waals surface area contributed by atoms with Crippen molar-refractivity contribution in [2.75, 3.05) is 37.9 Å². The molecule has 0 radical (unpaired) electrons. The van der Waals surface area contributed by atoms with E-state index < -0.39 is 52.0 Å². The normalized spacial score (nSPS) is 12.5. The molecule has 0 fully saturated rings. The fourth-order valence-electron chi connectivity index (χ4n) is 9.31. The minimum atomic E-state index is -4.51. The van der Waals surface area contributed by atoms with Gasteiger partial charge < -0.3 is 18.9 Å². The van der Waals surface area contributed by atoms with E-state index in [9.17, 15) is 56.7 Å². The molecule has 0 saturated heterocycles. The summed E-state index contributed by atoms with van der Waals surface area (Å²) in [6.45, 7) is 11.3. The van der Waals surface area contributed by atoms with Crippen LogP contribution in [0.5, 0.6) is 23.0 Å². The lowest BCUT2D eigenvalue weighted by Gasteiger charge is -2.16. The quantitative estimate of drug-likeness (QED) is 0.0184. The summed E-state index contributed by atoms with van der Waals surface area (Å²) in [6.07, 6.45) is 0.903. The lowest BCUT2D eigenvalue weighted by molar-refractivity contribution is -0.117. The summed E-state index contributed by atoms with van der Waals surface area (Å²) < 4.78 is 156. The molecule has 0 unspecified atom stereocenters. The van der Waals surface area contributed by atoms with Crippen molar-refractivity contribution in [1.82, 2.24) is 0 Å². The molecule has 8 aromatic carbocycles. The topological polar surface area (TPSA) is 370 Å². The second kappa shape index (κ2) is 30.1. The van der Waals surface area contributed by atoms with Crippen LogP contribution in [0, 0.1) is 27.7 Å². The van der Waals surface area contributed by atoms with Gasteiger partial charge in [-0.1, -0.05) is 44.2 Å². The van der Waals surface area contributed by atoms with Crippen molar-refractivity contribution in [3.8, 4) is 23.0 Å². The molecule has 4 N–H and O–H groups in total. The van der Waals surface area contributed by atoms with E-state index in [1.807, 2.05) is 27.7 Å². The van der Waals surface area contributed by atoms with Crippen LogP contribution in [0.1, 0.15) is 72.9 Å². The van der Waals surface area contributed by atoms with Crippen molar-refractivity contribution in [3.05, 3.63) is 155 Å². The number of benzene rings is 8. The maximum Gasteiger partial charge on any atom is 0.295 e. The van der Waals surface area contributed by atoms with Gasteiger partial charge in [-0.05, 0) is 159 Å². The maximum atomic E-state index is 14.3. The summed E-state index contributed by atoms with van der Waals surface area (Å²) >= 11 is 0. The summed E-state index contributed by atoms with van der Waals surface area (Å²) in [6, 6.07) is 31.7. The van der Waals surface area contributed by atoms with Gasteiger partial charge in [0.25, 0.3) is 40.5 Å². The Morgan fingerprint density at radius 3 is 1.28 bits per heavy atom. The Hall–Kier alpha value is -8.81. The minimum absolute atomic E-state index is 0.0875. The number of carbonyl (C=O) groups excluding carboxylic acids is 1. The Bertz CT molecular complexity index is 4720. The number of aryl methyl sites for hydroxylation is 4. The molecule has 0 aromatic heterocycles. The number of rotatable bonds is 30. The van der Waals surface area contributed by atoms with E-state index >= 15 is 0 Å². The van der Waals surface area contributed by atoms with Crippen LogP contribution in [0.3, 0.4) is 0 Å². The average molecular weight is 1340 g/mol. The fourth-order valence-corrected chi connectivity index (χ4v) is 11.5. The van der Waals surface area contributed by atoms with Gasteiger partial charge in [0.2, 0.25) is 0 Å². The van der Waals surface area contributed by atoms with Gasteiger partial charge in [-0.25, -0.2) is 0 Å². The minimum Gasteiger partial charge on any atom is -0.493 e. The lowest BCUT2D eigenvalue weighted by atomic mass is 9.98. The first-order chi connectivity index (χ1) is 43.5. The number of nitrogens with zero attached hydrogens (tertiary/aromatic N) is 8. The highest BCUT2D eigenvalue weighted by atomic mass is 32.2. The largest absolute Gasteiger partial charge is 0.493 e. The van der Waals surface area contributed by atoms with Gasteiger partial charge in [-0.2, -0.15) is 64.4 Å². The third-order valence-corrected chi connectivity index (χ3v) is 17.3. The molecule has 25 nitrogen and oxygen atoms in total. The van der Waals surface area contributed by atoms with Gasteiger partial charge in [0.05, 0.1) is 77.0 Å². The van der Waals surface area contributed by atoms with Crippen LogP contribution in [0.2, 0.25) is 0 Å². The Morgan fingerprint density at radius 1 is 0.402 bits per heavy atom. The molecule has 8 aromatic rings. The lowest BCUT2D eigenvalue weighted by Crippen LogP contribution is -2.12. The monoisotopic (exact) mass is 1330 g/mol. The van der Waals surface area contributed by atoms with E-state index in [4.69, 9.17) is 18.9 Å². The van der Waals surface area contributed by atoms with Gasteiger partial charge in [-0.15, -0.1) is 10.2 Å². The first-order valence-electron chi connectivity index (χ1n) is 28.7. The van der Waals surface area contributed by atoms with Crippen molar-refractivity contribution in [2.24, 2.45) is 40.9 Å². The number of fused-ring (bicyclic) bond motifs is 2. The molecule has 0 spiro atoms. The van der Waals surface area contributed by atoms with Gasteiger partial charge >= 0.3 is 0 Å². The van der Waals surface area contributed by atoms with Gasteiger partial charge in [0.15, 0.2) is 0 Å². The van der Waals surface area contributed by atoms with E-state index in [0.717, 1.165) is 0 Å². The van der Waals surface area contributed by atoms with E-state index in [1.54, 1.807) is 92.7 Å². The number of azo groups is 4. The van der Waals surface area contributed by atoms with Crippen LogP contribution in [0.4, 0.5) is 45.5 Å². The molecular formula is C63H66N8O17S4. The van der Waals surface area contributed by atoms with Crippen molar-refractivity contribution in [3.63, 3.8) is 0 Å². The van der Waals surface area contributed by atoms with E-state index in [-0.39, 0.29) is 82.7 Å². The van der Waals surface area contributed by atoms with E-state index in [1.165, 1.54) is 42.5 Å². The summed E-state index contributed by atoms with van der Waals surface area (Å²) in [5.74, 6) is -0.346. The summed E-state index contributed by atoms with van der Waals surface area (Å²) in [5.41, 5.74) is 6.29. The second-order valence-electron chi connectivity index (χ2n) is 21.4. The predicted octanol–water partition coefficient (Wildman–Crippen LogP) is 15.6. The smallest absolute Gasteiger partial charge is 0.295 e. The highest BCUT2D eigenvalue weighted by molar-refractivity contribution is 7.86. The third kappa shape index (κ3) is 19.4. The van der Waals surface area contributed by atoms with Gasteiger partial charge in [-0.3, -0.25) is 23.0 Å². The van der Waals surface area contributed by atoms with Crippen LogP contribution in [-0.2, 0) is 58.1 Å². The molecule has 0 saturated carbocycles. The first-order valence-corrected chi connectivity index (χ1v) is 34.8. The average Bonchev–Trinajstić information content (AvgIpc) is 0.961. The second-order valence-corrected chi connectivity index (χ2v) is 27.3. The molecule has 0 aliphatic rings. The number of ketones is 1. The standard InChI is InChI=1S/C63H66N8O17S4/c1-7-20-85-59-35-53(68-70-57-28-41(5)55(37-61(57)86-21-8-2)67-65-49-17-14-43-12-9-13-63(52(43)34-49)92(82,83)84)39(3)26-46(59)31-50(72)32-47-27-40(4)54(36-60(47)87-22-10-24-89(73,74)75)69-71-58-29-42(6)56(38-62(58)88-23-11-25-90(76,77)78)66-64-48-18-15-45-33-51(91(79,80)81)19-16-44(45)30-48/h9,12-19,26-30,33-38H,7-8,10-11,20-25,31-32H2,1-6H3,(H,73,74,75)(H,76,77,78)(H,79,80,81)(H,82,83,84). The Kier molecular flexibility index (Phi) is 22.6. The zero-order chi connectivity index (χ0) is 66.5. The number of ether oxygens (including phenoxy) is 4. The Morgan fingerprint density at radius 2 is 0.804 bits per heavy atom. The number of hydrogen-bond acceptors (Lipinski definition) is 21. The zero-order valence-electron chi connectivity index (χ0n) is 50.8. The van der Waals surface area contributed by atoms with Gasteiger partial charge in [0.1, 0.15) is 45.1 Å². The van der Waals surface area contributed by atoms with Crippen LogP contribution < -0.4 is 18.9 Å². The molecule has 92 heavy (non-hydrogen) atoms. The van der Waals surface area contributed by atoms with Crippen LogP contribution in [-0.4, -0.2) is 95.6 Å². The number of hydrogen-bond donors (Lipinski definition) is 4. The predicted molar refractivity (Wildman–Crippen MR) is 346 cm³/mol. The molecule has 0 aliphatic heterocycles. The highest BCUT2D eigenvalue weighted by Gasteiger charge is 2.21. The summed E-state index contributed by atoms with van der Waals surface area (Å²) in [4.78, 5) is 13.7. The third-order valence-electron chi connectivity index (χ3n) is 13.9. The van der Waals surface area contributed by atoms with Crippen LogP contribution in [0.15, 0.2) is 172 Å². The SMILES string of the molecule is CCCOc1cc(N=Nc2cc(C)c(N=Nc3ccc4cccc(S(=O)(=O)O)c4c3)cc2OCCC)c(C)cc1CC(=O)Cc1cc(C)c(N=Nc2cc(C)c(N=Nc3ccc4cc(S(=O)(=O)O)ccc4c3)cc2OCCCS(=O)(=O)O)cc1OCCCS(=O)(=O)O. The number of carbonyl (C=O) groups is 1. The highest BCUT2D eigenvalue weighted by Crippen LogP contribution is 2.41. The first kappa shape index (κ1) is 69.1. The van der Waals surface area contributed by atoms with E-state index in [2.05, 4.69) is 40.9 Å². The molecule has 0 atom stereocenters. The summed E-state index contributed by atoms with van der Waals surface area (Å²) in [7, 11) is -17.6. The van der Waals surface area contributed by atoms with Crippen LogP contribution >= 0.6 is 0 Å². The maximum absolute atomic E-state index is 14.3. The van der Waals surface area contributed by atoms with Crippen molar-refractivity contribution in [1.29, 1.82) is 0 Å². The molecular weight excluding hydrogens is 1270 g/mol. The molecule has 0 amide bonds. The van der Waals surface area contributed by atoms with E-state index in [0.29, 0.717) is 121 Å². The molecule has 484 valence electrons. The van der Waals surface area contributed by atoms with Crippen molar-refractivity contribution < 1.29 is 75.6 Å². The Balaban J connectivity index is 1.04.